The molecule has 0 aliphatic carbocycles. The van der Waals surface area contributed by atoms with Gasteiger partial charge in [-0.05, 0) is 32.3 Å². The molecule has 1 aliphatic heterocycles. The van der Waals surface area contributed by atoms with Crippen LogP contribution in [0.3, 0.4) is 0 Å². The second-order valence-corrected chi connectivity index (χ2v) is 6.09. The fourth-order valence-corrected chi connectivity index (χ4v) is 3.16. The summed E-state index contributed by atoms with van der Waals surface area (Å²) in [5.41, 5.74) is 1.56. The molecule has 0 aromatic heterocycles. The van der Waals surface area contributed by atoms with Gasteiger partial charge in [0.05, 0.1) is 11.8 Å². The fourth-order valence-electron chi connectivity index (χ4n) is 3.16. The Bertz CT molecular complexity index is 547. The molecule has 0 atom stereocenters. The smallest absolute Gasteiger partial charge is 0.305 e. The third-order valence-electron chi connectivity index (χ3n) is 4.62. The SMILES string of the molecule is CCN(CCC(=O)O)C(=O)C1(c2ccc(C)cc2)CCOCC1. The zero-order valence-electron chi connectivity index (χ0n) is 13.9. The number of carbonyl (C=O) groups excluding carboxylic acids is 1. The Labute approximate surface area is 137 Å². The molecule has 5 heteroatoms. The Kier molecular flexibility index (Phi) is 5.77. The van der Waals surface area contributed by atoms with Crippen LogP contribution in [0.5, 0.6) is 0 Å². The van der Waals surface area contributed by atoms with E-state index >= 15 is 0 Å². The minimum atomic E-state index is -0.882. The summed E-state index contributed by atoms with van der Waals surface area (Å²) in [6.07, 6.45) is 1.25. The van der Waals surface area contributed by atoms with Gasteiger partial charge in [-0.2, -0.15) is 0 Å². The van der Waals surface area contributed by atoms with E-state index in [9.17, 15) is 9.59 Å². The van der Waals surface area contributed by atoms with Crippen LogP contribution in [0.15, 0.2) is 24.3 Å². The van der Waals surface area contributed by atoms with E-state index in [-0.39, 0.29) is 18.9 Å². The topological polar surface area (TPSA) is 66.8 Å². The molecule has 1 aromatic rings. The first-order valence-corrected chi connectivity index (χ1v) is 8.15. The summed E-state index contributed by atoms with van der Waals surface area (Å²) in [5.74, 6) is -0.860. The summed E-state index contributed by atoms with van der Waals surface area (Å²) in [6, 6.07) is 8.08. The zero-order chi connectivity index (χ0) is 16.9. The average molecular weight is 319 g/mol. The maximum Gasteiger partial charge on any atom is 0.305 e. The standard InChI is InChI=1S/C18H25NO4/c1-3-19(11-8-16(20)21)17(22)18(9-12-23-13-10-18)15-6-4-14(2)5-7-15/h4-7H,3,8-13H2,1-2H3,(H,20,21). The molecule has 0 unspecified atom stereocenters. The number of hydrogen-bond donors (Lipinski definition) is 1. The van der Waals surface area contributed by atoms with Crippen molar-refractivity contribution in [1.29, 1.82) is 0 Å². The van der Waals surface area contributed by atoms with E-state index < -0.39 is 11.4 Å². The molecule has 5 nitrogen and oxygen atoms in total. The van der Waals surface area contributed by atoms with Crippen molar-refractivity contribution in [2.75, 3.05) is 26.3 Å². The summed E-state index contributed by atoms with van der Waals surface area (Å²) in [5, 5.41) is 8.90. The molecule has 2 rings (SSSR count). The molecule has 1 saturated heterocycles. The van der Waals surface area contributed by atoms with Gasteiger partial charge in [-0.3, -0.25) is 9.59 Å². The molecule has 0 radical (unpaired) electrons. The molecule has 0 spiro atoms. The number of carboxylic acids is 1. The van der Waals surface area contributed by atoms with E-state index in [2.05, 4.69) is 0 Å². The number of aryl methyl sites for hydroxylation is 1. The Morgan fingerprint density at radius 2 is 1.83 bits per heavy atom. The number of aliphatic carboxylic acids is 1. The first-order valence-electron chi connectivity index (χ1n) is 8.15. The Morgan fingerprint density at radius 1 is 1.22 bits per heavy atom. The number of carboxylic acid groups (broad SMARTS) is 1. The number of rotatable bonds is 6. The van der Waals surface area contributed by atoms with Crippen LogP contribution in [0.2, 0.25) is 0 Å². The van der Waals surface area contributed by atoms with Crippen molar-refractivity contribution in [2.45, 2.75) is 38.5 Å². The van der Waals surface area contributed by atoms with Crippen molar-refractivity contribution in [3.05, 3.63) is 35.4 Å². The Hall–Kier alpha value is -1.88. The van der Waals surface area contributed by atoms with Crippen LogP contribution in [0.1, 0.15) is 37.3 Å². The molecule has 126 valence electrons. The molecular weight excluding hydrogens is 294 g/mol. The van der Waals surface area contributed by atoms with Crippen molar-refractivity contribution in [3.63, 3.8) is 0 Å². The molecule has 1 amide bonds. The van der Waals surface area contributed by atoms with E-state index in [0.29, 0.717) is 32.6 Å². The van der Waals surface area contributed by atoms with Gasteiger partial charge in [0.2, 0.25) is 5.91 Å². The Morgan fingerprint density at radius 3 is 2.35 bits per heavy atom. The van der Waals surface area contributed by atoms with Crippen LogP contribution in [-0.2, 0) is 19.7 Å². The number of likely N-dealkylation sites (N-methyl/N-ethyl adjacent to an activating group) is 1. The quantitative estimate of drug-likeness (QED) is 0.874. The number of amides is 1. The number of carbonyl (C=O) groups is 2. The number of nitrogens with zero attached hydrogens (tertiary/aromatic N) is 1. The van der Waals surface area contributed by atoms with Crippen molar-refractivity contribution in [2.24, 2.45) is 0 Å². The first-order chi connectivity index (χ1) is 11.0. The summed E-state index contributed by atoms with van der Waals surface area (Å²) < 4.78 is 5.47. The maximum atomic E-state index is 13.2. The molecular formula is C18H25NO4. The monoisotopic (exact) mass is 319 g/mol. The minimum Gasteiger partial charge on any atom is -0.481 e. The number of hydrogen-bond acceptors (Lipinski definition) is 3. The van der Waals surface area contributed by atoms with Gasteiger partial charge < -0.3 is 14.7 Å². The average Bonchev–Trinajstić information content (AvgIpc) is 2.56. The molecule has 1 aliphatic rings. The highest BCUT2D eigenvalue weighted by molar-refractivity contribution is 5.88. The fraction of sp³-hybridized carbons (Fsp3) is 0.556. The first kappa shape index (κ1) is 17.5. The third-order valence-corrected chi connectivity index (χ3v) is 4.62. The predicted octanol–water partition coefficient (Wildman–Crippen LogP) is 2.37. The lowest BCUT2D eigenvalue weighted by Crippen LogP contribution is -2.50. The molecule has 1 aromatic carbocycles. The summed E-state index contributed by atoms with van der Waals surface area (Å²) in [7, 11) is 0. The highest BCUT2D eigenvalue weighted by atomic mass is 16.5. The van der Waals surface area contributed by atoms with Crippen LogP contribution >= 0.6 is 0 Å². The molecule has 1 fully saturated rings. The van der Waals surface area contributed by atoms with Crippen molar-refractivity contribution in [3.8, 4) is 0 Å². The second-order valence-electron chi connectivity index (χ2n) is 6.09. The summed E-state index contributed by atoms with van der Waals surface area (Å²) in [6.45, 7) is 5.78. The van der Waals surface area contributed by atoms with E-state index in [1.54, 1.807) is 4.90 Å². The molecule has 0 bridgehead atoms. The van der Waals surface area contributed by atoms with Crippen LogP contribution in [0, 0.1) is 6.92 Å². The third kappa shape index (κ3) is 3.91. The number of ether oxygens (including phenoxy) is 1. The van der Waals surface area contributed by atoms with Gasteiger partial charge >= 0.3 is 5.97 Å². The van der Waals surface area contributed by atoms with E-state index in [0.717, 1.165) is 11.1 Å². The van der Waals surface area contributed by atoms with E-state index in [1.165, 1.54) is 0 Å². The van der Waals surface area contributed by atoms with Crippen LogP contribution < -0.4 is 0 Å². The van der Waals surface area contributed by atoms with Crippen LogP contribution in [0.4, 0.5) is 0 Å². The molecule has 23 heavy (non-hydrogen) atoms. The van der Waals surface area contributed by atoms with Crippen molar-refractivity contribution < 1.29 is 19.4 Å². The predicted molar refractivity (Wildman–Crippen MR) is 87.4 cm³/mol. The van der Waals surface area contributed by atoms with Gasteiger partial charge in [0.1, 0.15) is 0 Å². The van der Waals surface area contributed by atoms with Gasteiger partial charge in [0, 0.05) is 26.3 Å². The van der Waals surface area contributed by atoms with Gasteiger partial charge in [0.15, 0.2) is 0 Å². The van der Waals surface area contributed by atoms with Gasteiger partial charge in [0.25, 0.3) is 0 Å². The second kappa shape index (κ2) is 7.59. The Balaban J connectivity index is 2.31. The molecule has 1 N–H and O–H groups in total. The largest absolute Gasteiger partial charge is 0.481 e. The van der Waals surface area contributed by atoms with Gasteiger partial charge in [-0.1, -0.05) is 29.8 Å². The molecule has 1 heterocycles. The lowest BCUT2D eigenvalue weighted by atomic mass is 9.72. The zero-order valence-corrected chi connectivity index (χ0v) is 13.9. The normalized spacial score (nSPS) is 16.8. The van der Waals surface area contributed by atoms with Crippen LogP contribution in [-0.4, -0.2) is 48.2 Å². The van der Waals surface area contributed by atoms with Gasteiger partial charge in [-0.15, -0.1) is 0 Å². The molecule has 0 saturated carbocycles. The summed E-state index contributed by atoms with van der Waals surface area (Å²) in [4.78, 5) is 25.7. The van der Waals surface area contributed by atoms with E-state index in [1.807, 2.05) is 38.1 Å². The number of benzene rings is 1. The van der Waals surface area contributed by atoms with Gasteiger partial charge in [-0.25, -0.2) is 0 Å². The highest BCUT2D eigenvalue weighted by Gasteiger charge is 2.43. The van der Waals surface area contributed by atoms with Crippen molar-refractivity contribution in [1.82, 2.24) is 4.90 Å². The minimum absolute atomic E-state index is 0.0217. The lowest BCUT2D eigenvalue weighted by Gasteiger charge is -2.40. The maximum absolute atomic E-state index is 13.2. The summed E-state index contributed by atoms with van der Waals surface area (Å²) >= 11 is 0. The highest BCUT2D eigenvalue weighted by Crippen LogP contribution is 2.37. The van der Waals surface area contributed by atoms with Crippen molar-refractivity contribution >= 4 is 11.9 Å². The lowest BCUT2D eigenvalue weighted by molar-refractivity contribution is -0.143. The van der Waals surface area contributed by atoms with Crippen LogP contribution in [0.25, 0.3) is 0 Å². The van der Waals surface area contributed by atoms with E-state index in [4.69, 9.17) is 9.84 Å².